The van der Waals surface area contributed by atoms with Gasteiger partial charge in [0.1, 0.15) is 5.75 Å². The topological polar surface area (TPSA) is 72.5 Å². The van der Waals surface area contributed by atoms with Crippen molar-refractivity contribution >= 4 is 16.7 Å². The van der Waals surface area contributed by atoms with Crippen LogP contribution in [0, 0.1) is 0 Å². The number of carboxylic acids is 1. The van der Waals surface area contributed by atoms with Crippen LogP contribution in [0.1, 0.15) is 24.8 Å². The van der Waals surface area contributed by atoms with Crippen LogP contribution in [0.4, 0.5) is 0 Å². The summed E-state index contributed by atoms with van der Waals surface area (Å²) in [6.45, 7) is 1.84. The van der Waals surface area contributed by atoms with Crippen molar-refractivity contribution in [2.45, 2.75) is 25.3 Å². The zero-order chi connectivity index (χ0) is 14.7. The summed E-state index contributed by atoms with van der Waals surface area (Å²) in [5.74, 6) is -0.208. The number of hydrogen-bond acceptors (Lipinski definition) is 3. The highest BCUT2D eigenvalue weighted by atomic mass is 16.5. The monoisotopic (exact) mass is 273 g/mol. The minimum absolute atomic E-state index is 0.0410. The molecule has 0 spiro atoms. The molecular formula is C16H19NO3. The zero-order valence-electron chi connectivity index (χ0n) is 11.7. The first-order valence-electron chi connectivity index (χ1n) is 6.56. The molecule has 0 bridgehead atoms. The smallest absolute Gasteiger partial charge is 0.304 e. The Bertz CT molecular complexity index is 622. The molecule has 4 nitrogen and oxygen atoms in total. The number of aliphatic carboxylic acids is 1. The van der Waals surface area contributed by atoms with Crippen LogP contribution in [-0.2, 0) is 4.79 Å². The van der Waals surface area contributed by atoms with E-state index in [0.29, 0.717) is 0 Å². The highest BCUT2D eigenvalue weighted by molar-refractivity contribution is 5.84. The molecule has 0 fully saturated rings. The Morgan fingerprint density at radius 3 is 2.50 bits per heavy atom. The number of fused-ring (bicyclic) bond motifs is 1. The molecular weight excluding hydrogens is 254 g/mol. The van der Waals surface area contributed by atoms with Gasteiger partial charge in [0.25, 0.3) is 0 Å². The zero-order valence-corrected chi connectivity index (χ0v) is 11.7. The summed E-state index contributed by atoms with van der Waals surface area (Å²) in [5, 5.41) is 11.1. The first-order valence-corrected chi connectivity index (χ1v) is 6.56. The molecule has 2 aromatic carbocycles. The van der Waals surface area contributed by atoms with Crippen molar-refractivity contribution in [2.24, 2.45) is 5.73 Å². The van der Waals surface area contributed by atoms with Gasteiger partial charge in [-0.05, 0) is 35.4 Å². The predicted octanol–water partition coefficient (Wildman–Crippen LogP) is 2.75. The molecule has 0 aliphatic heterocycles. The van der Waals surface area contributed by atoms with Crippen molar-refractivity contribution in [3.63, 3.8) is 0 Å². The molecule has 0 heterocycles. The van der Waals surface area contributed by atoms with Crippen molar-refractivity contribution in [2.75, 3.05) is 7.11 Å². The van der Waals surface area contributed by atoms with Gasteiger partial charge in [-0.25, -0.2) is 0 Å². The maximum atomic E-state index is 11.0. The van der Waals surface area contributed by atoms with Crippen LogP contribution in [0.15, 0.2) is 36.4 Å². The van der Waals surface area contributed by atoms with E-state index in [-0.39, 0.29) is 18.4 Å². The number of carboxylic acid groups (broad SMARTS) is 1. The average Bonchev–Trinajstić information content (AvgIpc) is 2.43. The van der Waals surface area contributed by atoms with Crippen LogP contribution < -0.4 is 10.5 Å². The minimum Gasteiger partial charge on any atom is -0.497 e. The molecule has 0 radical (unpaired) electrons. The molecule has 0 aromatic heterocycles. The van der Waals surface area contributed by atoms with Crippen LogP contribution in [0.2, 0.25) is 0 Å². The molecule has 2 atom stereocenters. The summed E-state index contributed by atoms with van der Waals surface area (Å²) in [6.07, 6.45) is 0.0410. The number of benzene rings is 2. The van der Waals surface area contributed by atoms with Gasteiger partial charge in [-0.2, -0.15) is 0 Å². The highest BCUT2D eigenvalue weighted by Gasteiger charge is 2.19. The summed E-state index contributed by atoms with van der Waals surface area (Å²) >= 11 is 0. The Kier molecular flexibility index (Phi) is 4.25. The molecule has 3 N–H and O–H groups in total. The molecule has 0 amide bonds. The Morgan fingerprint density at radius 1 is 1.25 bits per heavy atom. The van der Waals surface area contributed by atoms with Gasteiger partial charge < -0.3 is 15.6 Å². The molecule has 20 heavy (non-hydrogen) atoms. The number of nitrogens with two attached hydrogens (primary N) is 1. The Morgan fingerprint density at radius 2 is 1.90 bits per heavy atom. The van der Waals surface area contributed by atoms with E-state index >= 15 is 0 Å². The van der Waals surface area contributed by atoms with Gasteiger partial charge in [0, 0.05) is 12.0 Å². The first kappa shape index (κ1) is 14.3. The summed E-state index contributed by atoms with van der Waals surface area (Å²) in [6, 6.07) is 11.5. The maximum absolute atomic E-state index is 11.0. The molecule has 0 aliphatic rings. The number of methoxy groups -OCH3 is 1. The molecule has 4 heteroatoms. The summed E-state index contributed by atoms with van der Waals surface area (Å²) in [4.78, 5) is 11.0. The highest BCUT2D eigenvalue weighted by Crippen LogP contribution is 2.28. The largest absolute Gasteiger partial charge is 0.497 e. The van der Waals surface area contributed by atoms with Crippen molar-refractivity contribution in [1.82, 2.24) is 0 Å². The van der Waals surface area contributed by atoms with Crippen molar-refractivity contribution in [3.05, 3.63) is 42.0 Å². The third-order valence-electron chi connectivity index (χ3n) is 3.53. The van der Waals surface area contributed by atoms with Gasteiger partial charge in [-0.1, -0.05) is 24.3 Å². The van der Waals surface area contributed by atoms with E-state index in [9.17, 15) is 4.79 Å². The third kappa shape index (κ3) is 3.08. The van der Waals surface area contributed by atoms with Gasteiger partial charge >= 0.3 is 5.97 Å². The minimum atomic E-state index is -0.831. The number of rotatable bonds is 5. The maximum Gasteiger partial charge on any atom is 0.304 e. The fraction of sp³-hybridized carbons (Fsp3) is 0.312. The van der Waals surface area contributed by atoms with Crippen LogP contribution in [-0.4, -0.2) is 24.2 Å². The molecule has 0 aliphatic carbocycles. The Hall–Kier alpha value is -2.07. The second-order valence-electron chi connectivity index (χ2n) is 5.04. The normalized spacial score (nSPS) is 13.9. The summed E-state index contributed by atoms with van der Waals surface area (Å²) < 4.78 is 5.19. The third-order valence-corrected chi connectivity index (χ3v) is 3.53. The van der Waals surface area contributed by atoms with Gasteiger partial charge in [0.2, 0.25) is 0 Å². The summed E-state index contributed by atoms with van der Waals surface area (Å²) in [5.41, 5.74) is 6.88. The van der Waals surface area contributed by atoms with E-state index in [4.69, 9.17) is 15.6 Å². The Labute approximate surface area is 118 Å². The van der Waals surface area contributed by atoms with E-state index in [1.54, 1.807) is 7.11 Å². The lowest BCUT2D eigenvalue weighted by Gasteiger charge is -2.20. The SMILES string of the molecule is COc1ccc2cc(C(CC(=O)O)C(C)N)ccc2c1. The van der Waals surface area contributed by atoms with Crippen LogP contribution in [0.25, 0.3) is 10.8 Å². The van der Waals surface area contributed by atoms with Crippen molar-refractivity contribution in [3.8, 4) is 5.75 Å². The predicted molar refractivity (Wildman–Crippen MR) is 79.1 cm³/mol. The van der Waals surface area contributed by atoms with Gasteiger partial charge in [-0.15, -0.1) is 0 Å². The van der Waals surface area contributed by atoms with E-state index in [1.807, 2.05) is 43.3 Å². The lowest BCUT2D eigenvalue weighted by Crippen LogP contribution is -2.26. The number of ether oxygens (including phenoxy) is 1. The Balaban J connectivity index is 2.41. The van der Waals surface area contributed by atoms with Gasteiger partial charge in [-0.3, -0.25) is 4.79 Å². The average molecular weight is 273 g/mol. The molecule has 0 saturated carbocycles. The van der Waals surface area contributed by atoms with E-state index in [2.05, 4.69) is 0 Å². The molecule has 2 aromatic rings. The molecule has 0 saturated heterocycles. The van der Waals surface area contributed by atoms with Crippen LogP contribution in [0.5, 0.6) is 5.75 Å². The number of hydrogen-bond donors (Lipinski definition) is 2. The van der Waals surface area contributed by atoms with Crippen LogP contribution >= 0.6 is 0 Å². The lowest BCUT2D eigenvalue weighted by atomic mass is 9.88. The lowest BCUT2D eigenvalue weighted by molar-refractivity contribution is -0.137. The quantitative estimate of drug-likeness (QED) is 0.878. The van der Waals surface area contributed by atoms with Crippen LogP contribution in [0.3, 0.4) is 0 Å². The van der Waals surface area contributed by atoms with Gasteiger partial charge in [0.05, 0.1) is 13.5 Å². The second kappa shape index (κ2) is 5.92. The standard InChI is InChI=1S/C16H19NO3/c1-10(17)15(9-16(18)19)13-4-3-12-8-14(20-2)6-5-11(12)7-13/h3-8,10,15H,9,17H2,1-2H3,(H,18,19). The fourth-order valence-corrected chi connectivity index (χ4v) is 2.40. The van der Waals surface area contributed by atoms with E-state index < -0.39 is 5.97 Å². The second-order valence-corrected chi connectivity index (χ2v) is 5.04. The van der Waals surface area contributed by atoms with E-state index in [0.717, 1.165) is 22.1 Å². The van der Waals surface area contributed by atoms with Gasteiger partial charge in [0.15, 0.2) is 0 Å². The van der Waals surface area contributed by atoms with Crippen molar-refractivity contribution in [1.29, 1.82) is 0 Å². The van der Waals surface area contributed by atoms with E-state index in [1.165, 1.54) is 0 Å². The van der Waals surface area contributed by atoms with Crippen molar-refractivity contribution < 1.29 is 14.6 Å². The molecule has 106 valence electrons. The number of carbonyl (C=O) groups is 1. The molecule has 2 unspecified atom stereocenters. The fourth-order valence-electron chi connectivity index (χ4n) is 2.40. The summed E-state index contributed by atoms with van der Waals surface area (Å²) in [7, 11) is 1.63. The first-order chi connectivity index (χ1) is 9.51. The molecule has 2 rings (SSSR count).